The van der Waals surface area contributed by atoms with Crippen LogP contribution in [0.25, 0.3) is 0 Å². The SMILES string of the molecule is CC(C)CC(C(C)C)C(F)F. The van der Waals surface area contributed by atoms with E-state index < -0.39 is 12.3 Å². The second-order valence-electron chi connectivity index (χ2n) is 3.87. The molecular weight excluding hydrogens is 146 g/mol. The van der Waals surface area contributed by atoms with E-state index in [2.05, 4.69) is 0 Å². The van der Waals surface area contributed by atoms with Crippen molar-refractivity contribution in [3.05, 3.63) is 0 Å². The lowest BCUT2D eigenvalue weighted by molar-refractivity contribution is 0.0400. The summed E-state index contributed by atoms with van der Waals surface area (Å²) in [5.74, 6) is 0.0452. The lowest BCUT2D eigenvalue weighted by Gasteiger charge is -2.21. The fraction of sp³-hybridized carbons (Fsp3) is 1.00. The fourth-order valence-electron chi connectivity index (χ4n) is 1.21. The minimum absolute atomic E-state index is 0.0948. The highest BCUT2D eigenvalue weighted by Crippen LogP contribution is 2.26. The molecule has 0 aromatic heterocycles. The molecule has 0 saturated heterocycles. The van der Waals surface area contributed by atoms with Crippen molar-refractivity contribution in [1.29, 1.82) is 0 Å². The Kier molecular flexibility index (Phi) is 4.62. The van der Waals surface area contributed by atoms with Gasteiger partial charge in [-0.2, -0.15) is 0 Å². The minimum Gasteiger partial charge on any atom is -0.210 e. The van der Waals surface area contributed by atoms with Crippen LogP contribution in [0.3, 0.4) is 0 Å². The van der Waals surface area contributed by atoms with Crippen molar-refractivity contribution < 1.29 is 8.78 Å². The van der Waals surface area contributed by atoms with Crippen LogP contribution in [0.2, 0.25) is 0 Å². The summed E-state index contributed by atoms with van der Waals surface area (Å²) in [5.41, 5.74) is 0. The molecule has 0 amide bonds. The third-order valence-corrected chi connectivity index (χ3v) is 1.92. The van der Waals surface area contributed by atoms with Gasteiger partial charge in [-0.25, -0.2) is 8.78 Å². The Bertz CT molecular complexity index is 89.7. The Hall–Kier alpha value is -0.140. The van der Waals surface area contributed by atoms with Crippen LogP contribution in [0.5, 0.6) is 0 Å². The summed E-state index contributed by atoms with van der Waals surface area (Å²) in [7, 11) is 0. The summed E-state index contributed by atoms with van der Waals surface area (Å²) in [5, 5.41) is 0. The lowest BCUT2D eigenvalue weighted by Crippen LogP contribution is -2.19. The van der Waals surface area contributed by atoms with Crippen LogP contribution in [-0.4, -0.2) is 6.43 Å². The summed E-state index contributed by atoms with van der Waals surface area (Å²) in [4.78, 5) is 0. The molecule has 11 heavy (non-hydrogen) atoms. The molecular formula is C9H18F2. The summed E-state index contributed by atoms with van der Waals surface area (Å²) in [6.45, 7) is 7.69. The van der Waals surface area contributed by atoms with Gasteiger partial charge in [-0.05, 0) is 18.3 Å². The van der Waals surface area contributed by atoms with Crippen molar-refractivity contribution in [3.8, 4) is 0 Å². The molecule has 0 spiro atoms. The first-order chi connectivity index (χ1) is 4.95. The topological polar surface area (TPSA) is 0 Å². The van der Waals surface area contributed by atoms with Crippen molar-refractivity contribution in [1.82, 2.24) is 0 Å². The number of halogens is 2. The van der Waals surface area contributed by atoms with E-state index in [9.17, 15) is 8.78 Å². The molecule has 0 heterocycles. The fourth-order valence-corrected chi connectivity index (χ4v) is 1.21. The highest BCUT2D eigenvalue weighted by atomic mass is 19.3. The highest BCUT2D eigenvalue weighted by Gasteiger charge is 2.24. The minimum atomic E-state index is -2.16. The maximum atomic E-state index is 12.3. The van der Waals surface area contributed by atoms with Crippen LogP contribution < -0.4 is 0 Å². The molecule has 68 valence electrons. The smallest absolute Gasteiger partial charge is 0.210 e. The van der Waals surface area contributed by atoms with Crippen LogP contribution in [0.15, 0.2) is 0 Å². The van der Waals surface area contributed by atoms with Gasteiger partial charge < -0.3 is 0 Å². The van der Waals surface area contributed by atoms with E-state index in [0.29, 0.717) is 12.3 Å². The first-order valence-electron chi connectivity index (χ1n) is 4.23. The van der Waals surface area contributed by atoms with Gasteiger partial charge in [-0.3, -0.25) is 0 Å². The van der Waals surface area contributed by atoms with Crippen LogP contribution >= 0.6 is 0 Å². The van der Waals surface area contributed by atoms with Crippen molar-refractivity contribution >= 4 is 0 Å². The Morgan fingerprint density at radius 1 is 1.00 bits per heavy atom. The maximum Gasteiger partial charge on any atom is 0.241 e. The van der Waals surface area contributed by atoms with E-state index in [1.165, 1.54) is 0 Å². The molecule has 0 aliphatic rings. The Labute approximate surface area is 68.0 Å². The Morgan fingerprint density at radius 3 is 1.55 bits per heavy atom. The Morgan fingerprint density at radius 2 is 1.45 bits per heavy atom. The van der Waals surface area contributed by atoms with Crippen molar-refractivity contribution in [3.63, 3.8) is 0 Å². The van der Waals surface area contributed by atoms with E-state index in [4.69, 9.17) is 0 Å². The van der Waals surface area contributed by atoms with Gasteiger partial charge in [0.05, 0.1) is 0 Å². The molecule has 0 rings (SSSR count). The van der Waals surface area contributed by atoms with Gasteiger partial charge >= 0.3 is 0 Å². The molecule has 0 fully saturated rings. The predicted molar refractivity (Wildman–Crippen MR) is 43.8 cm³/mol. The van der Waals surface area contributed by atoms with Crippen molar-refractivity contribution in [2.45, 2.75) is 40.5 Å². The quantitative estimate of drug-likeness (QED) is 0.596. The van der Waals surface area contributed by atoms with E-state index in [1.807, 2.05) is 27.7 Å². The summed E-state index contributed by atoms with van der Waals surface area (Å²) in [6.07, 6.45) is -1.52. The van der Waals surface area contributed by atoms with E-state index in [-0.39, 0.29) is 5.92 Å². The zero-order chi connectivity index (χ0) is 9.02. The third-order valence-electron chi connectivity index (χ3n) is 1.92. The van der Waals surface area contributed by atoms with E-state index in [1.54, 1.807) is 0 Å². The molecule has 0 N–H and O–H groups in total. The summed E-state index contributed by atoms with van der Waals surface area (Å²) >= 11 is 0. The zero-order valence-electron chi connectivity index (χ0n) is 7.77. The van der Waals surface area contributed by atoms with E-state index >= 15 is 0 Å². The first kappa shape index (κ1) is 10.9. The van der Waals surface area contributed by atoms with Crippen LogP contribution in [0.4, 0.5) is 8.78 Å². The number of hydrogen-bond acceptors (Lipinski definition) is 0. The molecule has 2 heteroatoms. The van der Waals surface area contributed by atoms with Gasteiger partial charge in [0.1, 0.15) is 0 Å². The zero-order valence-corrected chi connectivity index (χ0v) is 7.77. The normalized spacial score (nSPS) is 15.0. The molecule has 1 unspecified atom stereocenters. The second-order valence-corrected chi connectivity index (χ2v) is 3.87. The maximum absolute atomic E-state index is 12.3. The second kappa shape index (κ2) is 4.68. The van der Waals surface area contributed by atoms with Crippen LogP contribution in [-0.2, 0) is 0 Å². The molecule has 0 aliphatic heterocycles. The number of rotatable bonds is 4. The molecule has 0 aliphatic carbocycles. The summed E-state index contributed by atoms with van der Waals surface area (Å²) < 4.78 is 24.6. The van der Waals surface area contributed by atoms with Crippen molar-refractivity contribution in [2.75, 3.05) is 0 Å². The number of hydrogen-bond donors (Lipinski definition) is 0. The molecule has 0 nitrogen and oxygen atoms in total. The first-order valence-corrected chi connectivity index (χ1v) is 4.23. The Balaban J connectivity index is 3.90. The predicted octanol–water partition coefficient (Wildman–Crippen LogP) is 3.57. The molecule has 0 aromatic rings. The van der Waals surface area contributed by atoms with Gasteiger partial charge in [0.15, 0.2) is 0 Å². The van der Waals surface area contributed by atoms with Crippen LogP contribution in [0, 0.1) is 17.8 Å². The molecule has 0 aromatic carbocycles. The lowest BCUT2D eigenvalue weighted by atomic mass is 9.88. The van der Waals surface area contributed by atoms with Gasteiger partial charge in [0.2, 0.25) is 6.43 Å². The average molecular weight is 164 g/mol. The van der Waals surface area contributed by atoms with E-state index in [0.717, 1.165) is 0 Å². The van der Waals surface area contributed by atoms with Crippen LogP contribution in [0.1, 0.15) is 34.1 Å². The van der Waals surface area contributed by atoms with Gasteiger partial charge in [0, 0.05) is 5.92 Å². The van der Waals surface area contributed by atoms with Gasteiger partial charge in [0.25, 0.3) is 0 Å². The summed E-state index contributed by atoms with van der Waals surface area (Å²) in [6, 6.07) is 0. The van der Waals surface area contributed by atoms with Gasteiger partial charge in [-0.1, -0.05) is 27.7 Å². The molecule has 0 radical (unpaired) electrons. The van der Waals surface area contributed by atoms with Gasteiger partial charge in [-0.15, -0.1) is 0 Å². The molecule has 0 saturated carbocycles. The molecule has 0 bridgehead atoms. The third kappa shape index (κ3) is 4.33. The van der Waals surface area contributed by atoms with Crippen molar-refractivity contribution in [2.24, 2.45) is 17.8 Å². The monoisotopic (exact) mass is 164 g/mol. The number of alkyl halides is 2. The standard InChI is InChI=1S/C9H18F2/c1-6(2)5-8(7(3)4)9(10)11/h6-9H,5H2,1-4H3. The average Bonchev–Trinajstić information content (AvgIpc) is 1.81. The molecule has 1 atom stereocenters. The highest BCUT2D eigenvalue weighted by molar-refractivity contribution is 4.66. The largest absolute Gasteiger partial charge is 0.241 e.